The molecular weight excluding hydrogens is 372 g/mol. The minimum atomic E-state index is -3.44. The first kappa shape index (κ1) is 19.2. The Kier molecular flexibility index (Phi) is 5.87. The molecule has 1 heterocycles. The number of sulfonamides is 1. The van der Waals surface area contributed by atoms with Crippen molar-refractivity contribution in [1.82, 2.24) is 9.62 Å². The monoisotopic (exact) mass is 394 g/mol. The van der Waals surface area contributed by atoms with Crippen molar-refractivity contribution in [2.75, 3.05) is 27.2 Å². The second-order valence-corrected chi connectivity index (χ2v) is 8.92. The maximum Gasteiger partial charge on any atom is 0.215 e. The van der Waals surface area contributed by atoms with Crippen molar-refractivity contribution in [2.24, 2.45) is 0 Å². The molecule has 0 fully saturated rings. The second kappa shape index (κ2) is 7.96. The average Bonchev–Trinajstić information content (AvgIpc) is 3.04. The third kappa shape index (κ3) is 4.76. The predicted octanol–water partition coefficient (Wildman–Crippen LogP) is 3.00. The summed E-state index contributed by atoms with van der Waals surface area (Å²) in [5, 5.41) is 0.590. The molecule has 1 aliphatic heterocycles. The average molecular weight is 395 g/mol. The van der Waals surface area contributed by atoms with Crippen LogP contribution in [0.15, 0.2) is 42.5 Å². The molecule has 0 saturated heterocycles. The Morgan fingerprint density at radius 1 is 1.19 bits per heavy atom. The highest BCUT2D eigenvalue weighted by Gasteiger charge is 2.21. The Hall–Kier alpha value is -1.60. The normalized spacial score (nSPS) is 14.9. The molecule has 2 aromatic rings. The highest BCUT2D eigenvalue weighted by molar-refractivity contribution is 7.88. The lowest BCUT2D eigenvalue weighted by atomic mass is 10.0. The van der Waals surface area contributed by atoms with Crippen LogP contribution in [0.1, 0.15) is 22.7 Å². The number of halogens is 1. The van der Waals surface area contributed by atoms with Gasteiger partial charge in [-0.2, -0.15) is 0 Å². The van der Waals surface area contributed by atoms with Gasteiger partial charge in [0, 0.05) is 24.0 Å². The molecule has 0 aliphatic carbocycles. The van der Waals surface area contributed by atoms with E-state index in [1.807, 2.05) is 31.1 Å². The Labute approximate surface area is 160 Å². The summed E-state index contributed by atoms with van der Waals surface area (Å²) in [6, 6.07) is 12.9. The van der Waals surface area contributed by atoms with Crippen molar-refractivity contribution in [3.63, 3.8) is 0 Å². The van der Waals surface area contributed by atoms with Crippen LogP contribution in [0.25, 0.3) is 0 Å². The van der Waals surface area contributed by atoms with Crippen LogP contribution in [0.5, 0.6) is 5.75 Å². The Bertz CT molecular complexity index is 867. The van der Waals surface area contributed by atoms with Crippen LogP contribution < -0.4 is 9.46 Å². The van der Waals surface area contributed by atoms with E-state index in [1.165, 1.54) is 5.56 Å². The van der Waals surface area contributed by atoms with Crippen molar-refractivity contribution in [1.29, 1.82) is 0 Å². The van der Waals surface area contributed by atoms with Crippen molar-refractivity contribution in [3.05, 3.63) is 64.2 Å². The summed E-state index contributed by atoms with van der Waals surface area (Å²) < 4.78 is 33.2. The Morgan fingerprint density at radius 3 is 2.62 bits per heavy atom. The number of ether oxygens (including phenoxy) is 1. The molecule has 7 heteroatoms. The van der Waals surface area contributed by atoms with E-state index < -0.39 is 10.0 Å². The number of hydrogen-bond acceptors (Lipinski definition) is 4. The van der Waals surface area contributed by atoms with Gasteiger partial charge in [-0.25, -0.2) is 13.1 Å². The molecule has 26 heavy (non-hydrogen) atoms. The van der Waals surface area contributed by atoms with Gasteiger partial charge in [-0.1, -0.05) is 35.9 Å². The zero-order valence-corrected chi connectivity index (χ0v) is 16.5. The van der Waals surface area contributed by atoms with E-state index >= 15 is 0 Å². The van der Waals surface area contributed by atoms with Gasteiger partial charge in [-0.15, -0.1) is 0 Å². The summed E-state index contributed by atoms with van der Waals surface area (Å²) >= 11 is 5.85. The van der Waals surface area contributed by atoms with E-state index in [0.29, 0.717) is 23.7 Å². The fraction of sp³-hybridized carbons (Fsp3) is 0.368. The molecule has 0 aromatic heterocycles. The standard InChI is InChI=1S/C19H23ClN2O3S/c1-22(2)18(15-5-8-19-16(11-15)9-10-25-19)12-21-26(23,24)13-14-3-6-17(20)7-4-14/h3-8,11,18,21H,9-10,12-13H2,1-2H3. The molecular formula is C19H23ClN2O3S. The number of nitrogens with one attached hydrogen (secondary N) is 1. The first-order chi connectivity index (χ1) is 12.3. The van der Waals surface area contributed by atoms with E-state index in [1.54, 1.807) is 24.3 Å². The summed E-state index contributed by atoms with van der Waals surface area (Å²) in [5.74, 6) is 0.858. The largest absolute Gasteiger partial charge is 0.493 e. The SMILES string of the molecule is CN(C)C(CNS(=O)(=O)Cc1ccc(Cl)cc1)c1ccc2c(c1)CCO2. The molecule has 1 atom stereocenters. The van der Waals surface area contributed by atoms with Crippen molar-refractivity contribution in [3.8, 4) is 5.75 Å². The number of likely N-dealkylation sites (N-methyl/N-ethyl adjacent to an activating group) is 1. The molecule has 1 N–H and O–H groups in total. The molecule has 140 valence electrons. The topological polar surface area (TPSA) is 58.6 Å². The van der Waals surface area contributed by atoms with Crippen LogP contribution in [0.2, 0.25) is 5.02 Å². The molecule has 0 bridgehead atoms. The highest BCUT2D eigenvalue weighted by atomic mass is 35.5. The van der Waals surface area contributed by atoms with Crippen LogP contribution in [0.3, 0.4) is 0 Å². The molecule has 0 amide bonds. The molecule has 0 saturated carbocycles. The third-order valence-corrected chi connectivity index (χ3v) is 6.06. The van der Waals surface area contributed by atoms with Crippen LogP contribution in [-0.2, 0) is 22.2 Å². The fourth-order valence-corrected chi connectivity index (χ4v) is 4.34. The number of rotatable bonds is 7. The minimum absolute atomic E-state index is 0.0547. The molecule has 1 aliphatic rings. The molecule has 1 unspecified atom stereocenters. The van der Waals surface area contributed by atoms with Crippen LogP contribution >= 0.6 is 11.6 Å². The lowest BCUT2D eigenvalue weighted by Crippen LogP contribution is -2.35. The van der Waals surface area contributed by atoms with Gasteiger partial charge >= 0.3 is 0 Å². The molecule has 2 aromatic carbocycles. The van der Waals surface area contributed by atoms with Gasteiger partial charge in [0.2, 0.25) is 10.0 Å². The van der Waals surface area contributed by atoms with Crippen molar-refractivity contribution < 1.29 is 13.2 Å². The third-order valence-electron chi connectivity index (χ3n) is 4.49. The Morgan fingerprint density at radius 2 is 1.92 bits per heavy atom. The summed E-state index contributed by atoms with van der Waals surface area (Å²) in [5.41, 5.74) is 2.96. The molecule has 3 rings (SSSR count). The van der Waals surface area contributed by atoms with Crippen LogP contribution in [0, 0.1) is 0 Å². The van der Waals surface area contributed by atoms with Gasteiger partial charge < -0.3 is 9.64 Å². The smallest absolute Gasteiger partial charge is 0.215 e. The van der Waals surface area contributed by atoms with E-state index in [4.69, 9.17) is 16.3 Å². The number of hydrogen-bond donors (Lipinski definition) is 1. The summed E-state index contributed by atoms with van der Waals surface area (Å²) in [4.78, 5) is 2.02. The lowest BCUT2D eigenvalue weighted by molar-refractivity contribution is 0.299. The van der Waals surface area contributed by atoms with E-state index in [0.717, 1.165) is 17.7 Å². The van der Waals surface area contributed by atoms with Crippen molar-refractivity contribution >= 4 is 21.6 Å². The number of nitrogens with zero attached hydrogens (tertiary/aromatic N) is 1. The van der Waals surface area contributed by atoms with Gasteiger partial charge in [0.25, 0.3) is 0 Å². The van der Waals surface area contributed by atoms with Gasteiger partial charge in [0.05, 0.1) is 12.4 Å². The minimum Gasteiger partial charge on any atom is -0.493 e. The van der Waals surface area contributed by atoms with Gasteiger partial charge in [-0.05, 0) is 49.0 Å². The van der Waals surface area contributed by atoms with Crippen molar-refractivity contribution in [2.45, 2.75) is 18.2 Å². The maximum absolute atomic E-state index is 12.4. The molecule has 5 nitrogen and oxygen atoms in total. The fourth-order valence-electron chi connectivity index (χ4n) is 3.07. The summed E-state index contributed by atoms with van der Waals surface area (Å²) in [7, 11) is 0.453. The zero-order valence-electron chi connectivity index (χ0n) is 14.9. The van der Waals surface area contributed by atoms with Gasteiger partial charge in [-0.3, -0.25) is 0 Å². The maximum atomic E-state index is 12.4. The highest BCUT2D eigenvalue weighted by Crippen LogP contribution is 2.29. The van der Waals surface area contributed by atoms with E-state index in [9.17, 15) is 8.42 Å². The van der Waals surface area contributed by atoms with Gasteiger partial charge in [0.15, 0.2) is 0 Å². The van der Waals surface area contributed by atoms with E-state index in [2.05, 4.69) is 10.8 Å². The first-order valence-corrected chi connectivity index (χ1v) is 10.5. The van der Waals surface area contributed by atoms with Crippen LogP contribution in [0.4, 0.5) is 0 Å². The molecule has 0 spiro atoms. The Balaban J connectivity index is 1.69. The quantitative estimate of drug-likeness (QED) is 0.784. The lowest BCUT2D eigenvalue weighted by Gasteiger charge is -2.25. The van der Waals surface area contributed by atoms with Crippen LogP contribution in [-0.4, -0.2) is 40.6 Å². The first-order valence-electron chi connectivity index (χ1n) is 8.48. The second-order valence-electron chi connectivity index (χ2n) is 6.68. The number of benzene rings is 2. The number of fused-ring (bicyclic) bond motifs is 1. The predicted molar refractivity (Wildman–Crippen MR) is 104 cm³/mol. The molecule has 0 radical (unpaired) electrons. The zero-order chi connectivity index (χ0) is 18.7. The summed E-state index contributed by atoms with van der Waals surface area (Å²) in [6.45, 7) is 1.02. The van der Waals surface area contributed by atoms with E-state index in [-0.39, 0.29) is 11.8 Å². The summed E-state index contributed by atoms with van der Waals surface area (Å²) in [6.07, 6.45) is 0.894. The van der Waals surface area contributed by atoms with Gasteiger partial charge in [0.1, 0.15) is 5.75 Å².